The molecule has 1 aliphatic carbocycles. The standard InChI is InChI=1S/C19H20ClN5O2/c20-16-4-2-1-3-14(16)15-9-11-10-22-19(24-17(11)25(21)18(15)27)23-12-5-7-13(26)8-6-12/h1-4,9-10,12-13,26H,5-8,21H2,(H,22,23,24). The molecule has 8 heteroatoms. The summed E-state index contributed by atoms with van der Waals surface area (Å²) in [7, 11) is 0. The van der Waals surface area contributed by atoms with Crippen LogP contribution in [0, 0.1) is 0 Å². The van der Waals surface area contributed by atoms with E-state index in [1.165, 1.54) is 0 Å². The van der Waals surface area contributed by atoms with Crippen LogP contribution in [0.4, 0.5) is 5.95 Å². The van der Waals surface area contributed by atoms with Gasteiger partial charge in [-0.15, -0.1) is 0 Å². The number of fused-ring (bicyclic) bond motifs is 1. The molecule has 1 fully saturated rings. The number of aromatic nitrogens is 3. The number of pyridine rings is 1. The average Bonchev–Trinajstić information content (AvgIpc) is 2.67. The summed E-state index contributed by atoms with van der Waals surface area (Å²) in [6.45, 7) is 0. The van der Waals surface area contributed by atoms with Gasteiger partial charge in [-0.25, -0.2) is 9.66 Å². The molecule has 1 saturated carbocycles. The van der Waals surface area contributed by atoms with E-state index in [-0.39, 0.29) is 17.7 Å². The van der Waals surface area contributed by atoms with Gasteiger partial charge in [0.1, 0.15) is 0 Å². The van der Waals surface area contributed by atoms with E-state index in [0.29, 0.717) is 33.1 Å². The second-order valence-electron chi connectivity index (χ2n) is 6.84. The highest BCUT2D eigenvalue weighted by atomic mass is 35.5. The van der Waals surface area contributed by atoms with Gasteiger partial charge in [0.15, 0.2) is 5.65 Å². The zero-order valence-electron chi connectivity index (χ0n) is 14.6. The molecule has 0 atom stereocenters. The Balaban J connectivity index is 1.71. The lowest BCUT2D eigenvalue weighted by Crippen LogP contribution is -2.31. The summed E-state index contributed by atoms with van der Waals surface area (Å²) in [5, 5.41) is 14.0. The number of benzene rings is 1. The normalized spacial score (nSPS) is 19.9. The topological polar surface area (TPSA) is 106 Å². The molecule has 1 aliphatic rings. The molecule has 0 bridgehead atoms. The first-order valence-electron chi connectivity index (χ1n) is 8.90. The van der Waals surface area contributed by atoms with Crippen LogP contribution in [-0.2, 0) is 0 Å². The van der Waals surface area contributed by atoms with Gasteiger partial charge in [-0.3, -0.25) is 4.79 Å². The van der Waals surface area contributed by atoms with Gasteiger partial charge >= 0.3 is 0 Å². The highest BCUT2D eigenvalue weighted by Crippen LogP contribution is 2.27. The maximum absolute atomic E-state index is 12.7. The fraction of sp³-hybridized carbons (Fsp3) is 0.316. The molecule has 27 heavy (non-hydrogen) atoms. The Bertz CT molecular complexity index is 1040. The van der Waals surface area contributed by atoms with Crippen molar-refractivity contribution in [1.82, 2.24) is 14.6 Å². The largest absolute Gasteiger partial charge is 0.393 e. The number of hydrogen-bond acceptors (Lipinski definition) is 6. The summed E-state index contributed by atoms with van der Waals surface area (Å²) in [6.07, 6.45) is 4.64. The smallest absolute Gasteiger partial charge is 0.278 e. The maximum atomic E-state index is 12.7. The van der Waals surface area contributed by atoms with Crippen molar-refractivity contribution in [3.8, 4) is 11.1 Å². The van der Waals surface area contributed by atoms with E-state index in [0.717, 1.165) is 30.4 Å². The van der Waals surface area contributed by atoms with Crippen molar-refractivity contribution in [2.75, 3.05) is 11.2 Å². The second-order valence-corrected chi connectivity index (χ2v) is 7.24. The van der Waals surface area contributed by atoms with E-state index in [1.54, 1.807) is 30.5 Å². The predicted octanol–water partition coefficient (Wildman–Crippen LogP) is 2.54. The summed E-state index contributed by atoms with van der Waals surface area (Å²) >= 11 is 6.23. The third-order valence-corrected chi connectivity index (χ3v) is 5.30. The van der Waals surface area contributed by atoms with Gasteiger partial charge in [-0.05, 0) is 37.8 Å². The summed E-state index contributed by atoms with van der Waals surface area (Å²) in [5.74, 6) is 6.46. The molecule has 4 N–H and O–H groups in total. The van der Waals surface area contributed by atoms with Crippen molar-refractivity contribution in [2.24, 2.45) is 0 Å². The lowest BCUT2D eigenvalue weighted by molar-refractivity contribution is 0.126. The van der Waals surface area contributed by atoms with Crippen molar-refractivity contribution in [3.05, 3.63) is 51.9 Å². The van der Waals surface area contributed by atoms with Crippen LogP contribution in [0.3, 0.4) is 0 Å². The van der Waals surface area contributed by atoms with Crippen LogP contribution in [0.15, 0.2) is 41.3 Å². The van der Waals surface area contributed by atoms with Crippen LogP contribution < -0.4 is 16.7 Å². The Labute approximate surface area is 160 Å². The highest BCUT2D eigenvalue weighted by molar-refractivity contribution is 6.33. The number of nitrogens with one attached hydrogen (secondary N) is 1. The van der Waals surface area contributed by atoms with Crippen LogP contribution in [0.2, 0.25) is 5.02 Å². The summed E-state index contributed by atoms with van der Waals surface area (Å²) in [5.41, 5.74) is 1.000. The van der Waals surface area contributed by atoms with Gasteiger partial charge in [0.05, 0.1) is 11.7 Å². The third-order valence-electron chi connectivity index (χ3n) is 4.97. The molecule has 3 aromatic rings. The minimum atomic E-state index is -0.374. The number of nitrogens with zero attached hydrogens (tertiary/aromatic N) is 3. The summed E-state index contributed by atoms with van der Waals surface area (Å²) in [4.78, 5) is 21.5. The van der Waals surface area contributed by atoms with Gasteiger partial charge in [-0.2, -0.15) is 4.98 Å². The lowest BCUT2D eigenvalue weighted by Gasteiger charge is -2.26. The van der Waals surface area contributed by atoms with Crippen LogP contribution >= 0.6 is 11.6 Å². The van der Waals surface area contributed by atoms with Gasteiger partial charge in [0.25, 0.3) is 5.56 Å². The molecule has 0 spiro atoms. The molecule has 7 nitrogen and oxygen atoms in total. The number of aliphatic hydroxyl groups excluding tert-OH is 1. The Morgan fingerprint density at radius 2 is 1.93 bits per heavy atom. The molecule has 2 heterocycles. The Kier molecular flexibility index (Phi) is 4.72. The fourth-order valence-electron chi connectivity index (χ4n) is 3.46. The first-order valence-corrected chi connectivity index (χ1v) is 9.28. The van der Waals surface area contributed by atoms with Crippen molar-refractivity contribution in [1.29, 1.82) is 0 Å². The molecule has 4 rings (SSSR count). The van der Waals surface area contributed by atoms with Crippen LogP contribution in [0.1, 0.15) is 25.7 Å². The zero-order chi connectivity index (χ0) is 19.0. The van der Waals surface area contributed by atoms with Crippen molar-refractivity contribution in [2.45, 2.75) is 37.8 Å². The molecule has 0 saturated heterocycles. The number of halogens is 1. The zero-order valence-corrected chi connectivity index (χ0v) is 15.4. The average molecular weight is 386 g/mol. The number of rotatable bonds is 3. The van der Waals surface area contributed by atoms with Crippen molar-refractivity contribution in [3.63, 3.8) is 0 Å². The number of hydrogen-bond donors (Lipinski definition) is 3. The fourth-order valence-corrected chi connectivity index (χ4v) is 3.70. The summed E-state index contributed by atoms with van der Waals surface area (Å²) in [6, 6.07) is 9.04. The van der Waals surface area contributed by atoms with E-state index in [9.17, 15) is 9.90 Å². The SMILES string of the molecule is Nn1c(=O)c(-c2ccccc2Cl)cc2cnc(NC3CCC(O)CC3)nc21. The Morgan fingerprint density at radius 1 is 1.19 bits per heavy atom. The minimum absolute atomic E-state index is 0.200. The highest BCUT2D eigenvalue weighted by Gasteiger charge is 2.20. The third kappa shape index (κ3) is 3.48. The van der Waals surface area contributed by atoms with E-state index in [2.05, 4.69) is 15.3 Å². The molecular weight excluding hydrogens is 366 g/mol. The number of nitrogens with two attached hydrogens (primary N) is 1. The molecule has 0 radical (unpaired) electrons. The molecular formula is C19H20ClN5O2. The van der Waals surface area contributed by atoms with Gasteiger partial charge < -0.3 is 16.3 Å². The Hall–Kier alpha value is -2.64. The van der Waals surface area contributed by atoms with Gasteiger partial charge in [0, 0.05) is 28.2 Å². The maximum Gasteiger partial charge on any atom is 0.278 e. The van der Waals surface area contributed by atoms with E-state index < -0.39 is 0 Å². The number of anilines is 1. The molecule has 140 valence electrons. The molecule has 0 unspecified atom stereocenters. The summed E-state index contributed by atoms with van der Waals surface area (Å²) < 4.78 is 1.03. The lowest BCUT2D eigenvalue weighted by atomic mass is 9.93. The van der Waals surface area contributed by atoms with Crippen molar-refractivity contribution < 1.29 is 5.11 Å². The van der Waals surface area contributed by atoms with E-state index in [1.807, 2.05) is 6.07 Å². The van der Waals surface area contributed by atoms with Crippen LogP contribution in [0.25, 0.3) is 22.2 Å². The second kappa shape index (κ2) is 7.17. The minimum Gasteiger partial charge on any atom is -0.393 e. The number of nitrogen functional groups attached to an aromatic ring is 1. The van der Waals surface area contributed by atoms with E-state index in [4.69, 9.17) is 17.4 Å². The first-order chi connectivity index (χ1) is 13.0. The van der Waals surface area contributed by atoms with Gasteiger partial charge in [-0.1, -0.05) is 29.8 Å². The van der Waals surface area contributed by atoms with Crippen LogP contribution in [-0.4, -0.2) is 31.9 Å². The van der Waals surface area contributed by atoms with Gasteiger partial charge in [0.2, 0.25) is 5.95 Å². The molecule has 0 amide bonds. The molecule has 2 aromatic heterocycles. The van der Waals surface area contributed by atoms with E-state index >= 15 is 0 Å². The molecule has 0 aliphatic heterocycles. The number of aliphatic hydroxyl groups is 1. The first kappa shape index (κ1) is 17.8. The Morgan fingerprint density at radius 3 is 2.67 bits per heavy atom. The quantitative estimate of drug-likeness (QED) is 0.598. The molecule has 1 aromatic carbocycles. The van der Waals surface area contributed by atoms with Crippen molar-refractivity contribution >= 4 is 28.6 Å². The monoisotopic (exact) mass is 385 g/mol. The predicted molar refractivity (Wildman–Crippen MR) is 106 cm³/mol. The van der Waals surface area contributed by atoms with Crippen LogP contribution in [0.5, 0.6) is 0 Å².